The summed E-state index contributed by atoms with van der Waals surface area (Å²) < 4.78 is 5.65. The lowest BCUT2D eigenvalue weighted by atomic mass is 10.2. The van der Waals surface area contributed by atoms with E-state index < -0.39 is 0 Å². The van der Waals surface area contributed by atoms with Gasteiger partial charge >= 0.3 is 0 Å². The molecule has 0 aliphatic carbocycles. The van der Waals surface area contributed by atoms with E-state index >= 15 is 0 Å². The van der Waals surface area contributed by atoms with Crippen LogP contribution in [0.3, 0.4) is 0 Å². The Morgan fingerprint density at radius 2 is 2.24 bits per heavy atom. The summed E-state index contributed by atoms with van der Waals surface area (Å²) in [5, 5.41) is 3.09. The van der Waals surface area contributed by atoms with Crippen molar-refractivity contribution < 1.29 is 4.74 Å². The van der Waals surface area contributed by atoms with Crippen LogP contribution in [0.4, 0.5) is 0 Å². The molecule has 4 heteroatoms. The van der Waals surface area contributed by atoms with Crippen LogP contribution in [0.1, 0.15) is 11.1 Å². The fourth-order valence-electron chi connectivity index (χ4n) is 1.55. The van der Waals surface area contributed by atoms with Gasteiger partial charge in [0.2, 0.25) is 5.88 Å². The van der Waals surface area contributed by atoms with Crippen LogP contribution in [0.2, 0.25) is 0 Å². The Kier molecular flexibility index (Phi) is 3.67. The summed E-state index contributed by atoms with van der Waals surface area (Å²) in [5.41, 5.74) is 2.16. The number of nitrogens with zero attached hydrogens (tertiary/aromatic N) is 2. The Morgan fingerprint density at radius 3 is 2.88 bits per heavy atom. The average Bonchev–Trinajstić information content (AvgIpc) is 2.34. The molecule has 0 spiro atoms. The SMILES string of the molecule is CNCc1cnc(Oc2cccnc2)c(C)c1. The van der Waals surface area contributed by atoms with Crippen LogP contribution in [0.25, 0.3) is 0 Å². The Hall–Kier alpha value is -1.94. The molecule has 2 aromatic heterocycles. The minimum absolute atomic E-state index is 0.623. The first-order valence-electron chi connectivity index (χ1n) is 5.47. The van der Waals surface area contributed by atoms with Crippen molar-refractivity contribution in [2.24, 2.45) is 0 Å². The molecule has 0 saturated heterocycles. The van der Waals surface area contributed by atoms with E-state index in [1.165, 1.54) is 0 Å². The molecule has 0 saturated carbocycles. The first kappa shape index (κ1) is 11.5. The zero-order chi connectivity index (χ0) is 12.1. The zero-order valence-electron chi connectivity index (χ0n) is 9.97. The molecular weight excluding hydrogens is 214 g/mol. The number of nitrogens with one attached hydrogen (secondary N) is 1. The molecule has 0 aliphatic heterocycles. The minimum Gasteiger partial charge on any atom is -0.437 e. The summed E-state index contributed by atoms with van der Waals surface area (Å²) in [4.78, 5) is 8.30. The number of pyridine rings is 2. The maximum atomic E-state index is 5.65. The molecule has 4 nitrogen and oxygen atoms in total. The first-order chi connectivity index (χ1) is 8.29. The average molecular weight is 229 g/mol. The summed E-state index contributed by atoms with van der Waals surface area (Å²) in [7, 11) is 1.91. The van der Waals surface area contributed by atoms with E-state index in [0.29, 0.717) is 11.6 Å². The number of rotatable bonds is 4. The van der Waals surface area contributed by atoms with Gasteiger partial charge in [-0.15, -0.1) is 0 Å². The molecule has 0 unspecified atom stereocenters. The van der Waals surface area contributed by atoms with Crippen molar-refractivity contribution >= 4 is 0 Å². The predicted molar refractivity (Wildman–Crippen MR) is 66.0 cm³/mol. The summed E-state index contributed by atoms with van der Waals surface area (Å²) >= 11 is 0. The highest BCUT2D eigenvalue weighted by atomic mass is 16.5. The van der Waals surface area contributed by atoms with Gasteiger partial charge in [-0.1, -0.05) is 0 Å². The standard InChI is InChI=1S/C13H15N3O/c1-10-6-11(7-14-2)8-16-13(10)17-12-4-3-5-15-9-12/h3-6,8-9,14H,7H2,1-2H3. The van der Waals surface area contributed by atoms with E-state index in [1.54, 1.807) is 12.4 Å². The van der Waals surface area contributed by atoms with E-state index in [4.69, 9.17) is 4.74 Å². The second-order valence-corrected chi connectivity index (χ2v) is 3.79. The third kappa shape index (κ3) is 3.01. The highest BCUT2D eigenvalue weighted by Gasteiger charge is 2.04. The van der Waals surface area contributed by atoms with Crippen molar-refractivity contribution in [3.05, 3.63) is 47.9 Å². The topological polar surface area (TPSA) is 47.0 Å². The van der Waals surface area contributed by atoms with E-state index in [1.807, 2.05) is 32.3 Å². The van der Waals surface area contributed by atoms with E-state index in [-0.39, 0.29) is 0 Å². The number of hydrogen-bond acceptors (Lipinski definition) is 4. The number of aryl methyl sites for hydroxylation is 1. The van der Waals surface area contributed by atoms with E-state index in [0.717, 1.165) is 17.7 Å². The van der Waals surface area contributed by atoms with Crippen LogP contribution in [0, 0.1) is 6.92 Å². The molecule has 0 amide bonds. The molecule has 0 fully saturated rings. The molecule has 0 aliphatic rings. The molecule has 0 atom stereocenters. The molecule has 2 heterocycles. The van der Waals surface area contributed by atoms with Crippen molar-refractivity contribution in [1.82, 2.24) is 15.3 Å². The van der Waals surface area contributed by atoms with Crippen molar-refractivity contribution in [3.8, 4) is 11.6 Å². The molecule has 88 valence electrons. The van der Waals surface area contributed by atoms with Crippen molar-refractivity contribution in [2.75, 3.05) is 7.05 Å². The van der Waals surface area contributed by atoms with Gasteiger partial charge in [0.25, 0.3) is 0 Å². The summed E-state index contributed by atoms with van der Waals surface area (Å²) in [5.74, 6) is 1.32. The minimum atomic E-state index is 0.623. The largest absolute Gasteiger partial charge is 0.437 e. The van der Waals surface area contributed by atoms with Crippen LogP contribution >= 0.6 is 0 Å². The van der Waals surface area contributed by atoms with Crippen LogP contribution < -0.4 is 10.1 Å². The summed E-state index contributed by atoms with van der Waals surface area (Å²) in [6.07, 6.45) is 5.20. The molecule has 0 radical (unpaired) electrons. The van der Waals surface area contributed by atoms with Gasteiger partial charge in [-0.3, -0.25) is 4.98 Å². The van der Waals surface area contributed by atoms with Gasteiger partial charge in [0, 0.05) is 24.5 Å². The highest BCUT2D eigenvalue weighted by Crippen LogP contribution is 2.22. The van der Waals surface area contributed by atoms with Crippen LogP contribution in [0.15, 0.2) is 36.8 Å². The lowest BCUT2D eigenvalue weighted by molar-refractivity contribution is 0.456. The fraction of sp³-hybridized carbons (Fsp3) is 0.231. The van der Waals surface area contributed by atoms with Crippen molar-refractivity contribution in [3.63, 3.8) is 0 Å². The molecule has 0 aromatic carbocycles. The summed E-state index contributed by atoms with van der Waals surface area (Å²) in [6.45, 7) is 2.79. The third-order valence-corrected chi connectivity index (χ3v) is 2.32. The van der Waals surface area contributed by atoms with Crippen molar-refractivity contribution in [2.45, 2.75) is 13.5 Å². The highest BCUT2D eigenvalue weighted by molar-refractivity contribution is 5.32. The molecule has 2 rings (SSSR count). The summed E-state index contributed by atoms with van der Waals surface area (Å²) in [6, 6.07) is 5.75. The van der Waals surface area contributed by atoms with Crippen LogP contribution in [-0.4, -0.2) is 17.0 Å². The van der Waals surface area contributed by atoms with Gasteiger partial charge in [-0.05, 0) is 37.7 Å². The fourth-order valence-corrected chi connectivity index (χ4v) is 1.55. The number of aromatic nitrogens is 2. The normalized spacial score (nSPS) is 10.2. The van der Waals surface area contributed by atoms with E-state index in [2.05, 4.69) is 21.4 Å². The molecule has 0 bridgehead atoms. The second-order valence-electron chi connectivity index (χ2n) is 3.79. The zero-order valence-corrected chi connectivity index (χ0v) is 9.97. The second kappa shape index (κ2) is 5.41. The predicted octanol–water partition coefficient (Wildman–Crippen LogP) is 2.30. The Morgan fingerprint density at radius 1 is 1.35 bits per heavy atom. The van der Waals surface area contributed by atoms with E-state index in [9.17, 15) is 0 Å². The maximum Gasteiger partial charge on any atom is 0.222 e. The first-order valence-corrected chi connectivity index (χ1v) is 5.47. The number of hydrogen-bond donors (Lipinski definition) is 1. The van der Waals surface area contributed by atoms with Gasteiger partial charge in [0.15, 0.2) is 0 Å². The molecule has 2 aromatic rings. The lowest BCUT2D eigenvalue weighted by Crippen LogP contribution is -2.06. The third-order valence-electron chi connectivity index (χ3n) is 2.32. The van der Waals surface area contributed by atoms with Gasteiger partial charge < -0.3 is 10.1 Å². The molecule has 17 heavy (non-hydrogen) atoms. The van der Waals surface area contributed by atoms with Crippen LogP contribution in [-0.2, 0) is 6.54 Å². The Balaban J connectivity index is 2.17. The molecule has 1 N–H and O–H groups in total. The van der Waals surface area contributed by atoms with Crippen LogP contribution in [0.5, 0.6) is 11.6 Å². The maximum absolute atomic E-state index is 5.65. The lowest BCUT2D eigenvalue weighted by Gasteiger charge is -2.08. The monoisotopic (exact) mass is 229 g/mol. The quantitative estimate of drug-likeness (QED) is 0.873. The van der Waals surface area contributed by atoms with Gasteiger partial charge in [-0.2, -0.15) is 0 Å². The molecular formula is C13H15N3O. The van der Waals surface area contributed by atoms with Crippen molar-refractivity contribution in [1.29, 1.82) is 0 Å². The Labute approximate surface area is 101 Å². The van der Waals surface area contributed by atoms with Gasteiger partial charge in [-0.25, -0.2) is 4.98 Å². The van der Waals surface area contributed by atoms with Gasteiger partial charge in [0.05, 0.1) is 6.20 Å². The smallest absolute Gasteiger partial charge is 0.222 e. The Bertz CT molecular complexity index is 485. The number of ether oxygens (including phenoxy) is 1. The van der Waals surface area contributed by atoms with Gasteiger partial charge in [0.1, 0.15) is 5.75 Å².